The highest BCUT2D eigenvalue weighted by molar-refractivity contribution is 5.94. The Labute approximate surface area is 151 Å². The standard InChI is InChI=1S/C20H20N4O2/c1-14-11-15(2)24(23-14)13-17-3-7-18(8-4-17)20(26)22-21-12-16-5-9-19(25)10-6-16/h3-12,25H,13H2,1-2H3,(H,22,26)/b21-12+. The summed E-state index contributed by atoms with van der Waals surface area (Å²) in [6.07, 6.45) is 1.52. The fourth-order valence-corrected chi connectivity index (χ4v) is 2.56. The molecular formula is C20H20N4O2. The van der Waals surface area contributed by atoms with Gasteiger partial charge in [-0.2, -0.15) is 10.2 Å². The number of aryl methyl sites for hydroxylation is 2. The highest BCUT2D eigenvalue weighted by atomic mass is 16.3. The molecule has 0 radical (unpaired) electrons. The van der Waals surface area contributed by atoms with Gasteiger partial charge in [0.2, 0.25) is 0 Å². The maximum atomic E-state index is 12.1. The van der Waals surface area contributed by atoms with Gasteiger partial charge in [0.1, 0.15) is 5.75 Å². The van der Waals surface area contributed by atoms with Gasteiger partial charge in [0.05, 0.1) is 18.5 Å². The van der Waals surface area contributed by atoms with Gasteiger partial charge in [-0.1, -0.05) is 12.1 Å². The van der Waals surface area contributed by atoms with Crippen LogP contribution in [0.1, 0.15) is 32.9 Å². The zero-order chi connectivity index (χ0) is 18.5. The molecule has 0 aliphatic rings. The van der Waals surface area contributed by atoms with Crippen molar-refractivity contribution in [2.75, 3.05) is 0 Å². The maximum absolute atomic E-state index is 12.1. The van der Waals surface area contributed by atoms with Crippen molar-refractivity contribution in [3.8, 4) is 5.75 Å². The van der Waals surface area contributed by atoms with Crippen molar-refractivity contribution < 1.29 is 9.90 Å². The Morgan fingerprint density at radius 3 is 2.46 bits per heavy atom. The number of phenolic OH excluding ortho intramolecular Hbond substituents is 1. The lowest BCUT2D eigenvalue weighted by molar-refractivity contribution is 0.0955. The van der Waals surface area contributed by atoms with Crippen LogP contribution in [-0.2, 0) is 6.54 Å². The molecule has 2 N–H and O–H groups in total. The van der Waals surface area contributed by atoms with Crippen LogP contribution in [-0.4, -0.2) is 27.0 Å². The highest BCUT2D eigenvalue weighted by Gasteiger charge is 2.06. The molecule has 0 saturated carbocycles. The molecule has 1 aromatic heterocycles. The van der Waals surface area contributed by atoms with E-state index in [1.54, 1.807) is 36.4 Å². The summed E-state index contributed by atoms with van der Waals surface area (Å²) in [4.78, 5) is 12.1. The van der Waals surface area contributed by atoms with Crippen molar-refractivity contribution in [3.63, 3.8) is 0 Å². The summed E-state index contributed by atoms with van der Waals surface area (Å²) in [5.41, 5.74) is 6.97. The fraction of sp³-hybridized carbons (Fsp3) is 0.150. The van der Waals surface area contributed by atoms with Gasteiger partial charge in [-0.15, -0.1) is 0 Å². The molecule has 3 rings (SSSR count). The van der Waals surface area contributed by atoms with Crippen molar-refractivity contribution in [1.29, 1.82) is 0 Å². The van der Waals surface area contributed by atoms with Crippen molar-refractivity contribution in [2.24, 2.45) is 5.10 Å². The SMILES string of the molecule is Cc1cc(C)n(Cc2ccc(C(=O)N/N=C/c3ccc(O)cc3)cc2)n1. The number of aromatic hydroxyl groups is 1. The van der Waals surface area contributed by atoms with Crippen LogP contribution in [0.2, 0.25) is 0 Å². The topological polar surface area (TPSA) is 79.5 Å². The van der Waals surface area contributed by atoms with E-state index in [0.29, 0.717) is 12.1 Å². The van der Waals surface area contributed by atoms with Gasteiger partial charge in [-0.3, -0.25) is 9.48 Å². The minimum Gasteiger partial charge on any atom is -0.508 e. The quantitative estimate of drug-likeness (QED) is 0.549. The van der Waals surface area contributed by atoms with Crippen LogP contribution >= 0.6 is 0 Å². The van der Waals surface area contributed by atoms with Gasteiger partial charge in [-0.25, -0.2) is 5.43 Å². The molecule has 132 valence electrons. The predicted octanol–water partition coefficient (Wildman–Crippen LogP) is 3.02. The van der Waals surface area contributed by atoms with E-state index < -0.39 is 0 Å². The zero-order valence-electron chi connectivity index (χ0n) is 14.7. The number of nitrogens with one attached hydrogen (secondary N) is 1. The number of benzene rings is 2. The van der Waals surface area contributed by atoms with Crippen LogP contribution in [0.3, 0.4) is 0 Å². The van der Waals surface area contributed by atoms with Gasteiger partial charge in [0, 0.05) is 11.3 Å². The van der Waals surface area contributed by atoms with Crippen LogP contribution in [0.5, 0.6) is 5.75 Å². The molecule has 6 heteroatoms. The molecular weight excluding hydrogens is 328 g/mol. The van der Waals surface area contributed by atoms with Crippen molar-refractivity contribution in [3.05, 3.63) is 82.7 Å². The number of carbonyl (C=O) groups is 1. The van der Waals surface area contributed by atoms with E-state index in [4.69, 9.17) is 0 Å². The summed E-state index contributed by atoms with van der Waals surface area (Å²) in [6.45, 7) is 4.66. The molecule has 1 amide bonds. The van der Waals surface area contributed by atoms with Crippen LogP contribution in [0.25, 0.3) is 0 Å². The first-order valence-corrected chi connectivity index (χ1v) is 8.24. The second-order valence-corrected chi connectivity index (χ2v) is 6.07. The Morgan fingerprint density at radius 1 is 1.15 bits per heavy atom. The number of carbonyl (C=O) groups excluding carboxylic acids is 1. The van der Waals surface area contributed by atoms with Crippen LogP contribution < -0.4 is 5.43 Å². The van der Waals surface area contributed by atoms with E-state index in [1.807, 2.05) is 36.7 Å². The number of hydrogen-bond donors (Lipinski definition) is 2. The Morgan fingerprint density at radius 2 is 1.85 bits per heavy atom. The summed E-state index contributed by atoms with van der Waals surface area (Å²) in [5, 5.41) is 17.6. The molecule has 1 heterocycles. The van der Waals surface area contributed by atoms with E-state index in [9.17, 15) is 9.90 Å². The molecule has 0 unspecified atom stereocenters. The zero-order valence-corrected chi connectivity index (χ0v) is 14.7. The Balaban J connectivity index is 1.59. The molecule has 0 aliphatic heterocycles. The summed E-state index contributed by atoms with van der Waals surface area (Å²) in [7, 11) is 0. The third-order valence-corrected chi connectivity index (χ3v) is 3.92. The summed E-state index contributed by atoms with van der Waals surface area (Å²) in [6, 6.07) is 15.9. The first-order valence-electron chi connectivity index (χ1n) is 8.24. The van der Waals surface area contributed by atoms with E-state index in [0.717, 1.165) is 22.5 Å². The highest BCUT2D eigenvalue weighted by Crippen LogP contribution is 2.10. The summed E-state index contributed by atoms with van der Waals surface area (Å²) >= 11 is 0. The van der Waals surface area contributed by atoms with Crippen LogP contribution in [0, 0.1) is 13.8 Å². The van der Waals surface area contributed by atoms with Crippen LogP contribution in [0.15, 0.2) is 59.7 Å². The summed E-state index contributed by atoms with van der Waals surface area (Å²) < 4.78 is 1.94. The molecule has 6 nitrogen and oxygen atoms in total. The molecule has 0 atom stereocenters. The van der Waals surface area contributed by atoms with Crippen LogP contribution in [0.4, 0.5) is 0 Å². The van der Waals surface area contributed by atoms with Gasteiger partial charge >= 0.3 is 0 Å². The van der Waals surface area contributed by atoms with Gasteiger partial charge in [0.25, 0.3) is 5.91 Å². The second kappa shape index (κ2) is 7.65. The number of aromatic nitrogens is 2. The van der Waals surface area contributed by atoms with E-state index in [-0.39, 0.29) is 11.7 Å². The van der Waals surface area contributed by atoms with Crippen molar-refractivity contribution >= 4 is 12.1 Å². The largest absolute Gasteiger partial charge is 0.508 e. The number of phenols is 1. The third-order valence-electron chi connectivity index (χ3n) is 3.92. The first kappa shape index (κ1) is 17.4. The lowest BCUT2D eigenvalue weighted by Gasteiger charge is -2.06. The third kappa shape index (κ3) is 4.36. The molecule has 0 aliphatic carbocycles. The molecule has 2 aromatic carbocycles. The molecule has 3 aromatic rings. The number of amides is 1. The average molecular weight is 348 g/mol. The number of hydrogen-bond acceptors (Lipinski definition) is 4. The first-order chi connectivity index (χ1) is 12.5. The average Bonchev–Trinajstić information content (AvgIpc) is 2.94. The number of nitrogens with zero attached hydrogens (tertiary/aromatic N) is 3. The molecule has 0 fully saturated rings. The second-order valence-electron chi connectivity index (χ2n) is 6.07. The molecule has 0 spiro atoms. The van der Waals surface area contributed by atoms with Crippen molar-refractivity contribution in [1.82, 2.24) is 15.2 Å². The molecule has 26 heavy (non-hydrogen) atoms. The van der Waals surface area contributed by atoms with E-state index in [2.05, 4.69) is 15.6 Å². The minimum atomic E-state index is -0.280. The normalized spacial score (nSPS) is 11.0. The van der Waals surface area contributed by atoms with Gasteiger partial charge in [-0.05, 0) is 67.4 Å². The monoisotopic (exact) mass is 348 g/mol. The number of hydrazone groups is 1. The predicted molar refractivity (Wildman–Crippen MR) is 100 cm³/mol. The Bertz CT molecular complexity index is 925. The van der Waals surface area contributed by atoms with E-state index in [1.165, 1.54) is 6.21 Å². The smallest absolute Gasteiger partial charge is 0.271 e. The Hall–Kier alpha value is -3.41. The molecule has 0 saturated heterocycles. The molecule has 0 bridgehead atoms. The minimum absolute atomic E-state index is 0.187. The fourth-order valence-electron chi connectivity index (χ4n) is 2.56. The van der Waals surface area contributed by atoms with E-state index >= 15 is 0 Å². The Kier molecular flexibility index (Phi) is 5.12. The maximum Gasteiger partial charge on any atom is 0.271 e. The van der Waals surface area contributed by atoms with Gasteiger partial charge in [0.15, 0.2) is 0 Å². The van der Waals surface area contributed by atoms with Crippen molar-refractivity contribution in [2.45, 2.75) is 20.4 Å². The lowest BCUT2D eigenvalue weighted by atomic mass is 10.1. The van der Waals surface area contributed by atoms with Gasteiger partial charge < -0.3 is 5.11 Å². The summed E-state index contributed by atoms with van der Waals surface area (Å²) in [5.74, 6) is -0.0931. The number of rotatable bonds is 5. The lowest BCUT2D eigenvalue weighted by Crippen LogP contribution is -2.17.